The Kier molecular flexibility index (Phi) is 5.60. The summed E-state index contributed by atoms with van der Waals surface area (Å²) >= 11 is 0. The third-order valence-corrected chi connectivity index (χ3v) is 6.09. The highest BCUT2D eigenvalue weighted by molar-refractivity contribution is 5.90. The van der Waals surface area contributed by atoms with Gasteiger partial charge in [-0.15, -0.1) is 0 Å². The first-order valence-corrected chi connectivity index (χ1v) is 11.0. The van der Waals surface area contributed by atoms with Crippen LogP contribution in [-0.4, -0.2) is 34.1 Å². The highest BCUT2D eigenvalue weighted by atomic mass is 19.1. The molecule has 1 aliphatic heterocycles. The van der Waals surface area contributed by atoms with Gasteiger partial charge in [-0.2, -0.15) is 0 Å². The summed E-state index contributed by atoms with van der Waals surface area (Å²) in [5, 5.41) is 0.697. The van der Waals surface area contributed by atoms with Crippen molar-refractivity contribution >= 4 is 22.3 Å². The lowest BCUT2D eigenvalue weighted by molar-refractivity contribution is 0.589. The summed E-state index contributed by atoms with van der Waals surface area (Å²) in [6, 6.07) is 9.83. The molecule has 3 heterocycles. The van der Waals surface area contributed by atoms with Crippen molar-refractivity contribution in [1.82, 2.24) is 15.0 Å². The standard InChI is InChI=1S/C25H24F2N6/c26-19-8-7-17(18-13-30-10-9-21(18)33-11-2-1-5-16(28)14-33)23(27)22(19)25-31-12-15-4-3-6-20(29)24(15)32-25/h3-4,6-10,12-13,16H,1-2,5,11,14,28-29H2. The van der Waals surface area contributed by atoms with E-state index in [2.05, 4.69) is 19.9 Å². The van der Waals surface area contributed by atoms with E-state index in [9.17, 15) is 4.39 Å². The van der Waals surface area contributed by atoms with Crippen molar-refractivity contribution < 1.29 is 8.78 Å². The van der Waals surface area contributed by atoms with E-state index in [4.69, 9.17) is 11.5 Å². The summed E-state index contributed by atoms with van der Waals surface area (Å²) in [5.41, 5.74) is 14.5. The Labute approximate surface area is 190 Å². The summed E-state index contributed by atoms with van der Waals surface area (Å²) in [6.45, 7) is 1.48. The predicted octanol–water partition coefficient (Wildman–Crippen LogP) is 4.54. The third-order valence-electron chi connectivity index (χ3n) is 6.09. The maximum atomic E-state index is 15.9. The van der Waals surface area contributed by atoms with E-state index < -0.39 is 11.6 Å². The van der Waals surface area contributed by atoms with Crippen LogP contribution in [0.2, 0.25) is 0 Å². The van der Waals surface area contributed by atoms with Crippen molar-refractivity contribution in [2.75, 3.05) is 23.7 Å². The second-order valence-corrected chi connectivity index (χ2v) is 8.36. The molecular weight excluding hydrogens is 422 g/mol. The molecule has 0 radical (unpaired) electrons. The van der Waals surface area contributed by atoms with Crippen molar-refractivity contribution in [3.63, 3.8) is 0 Å². The predicted molar refractivity (Wildman–Crippen MR) is 127 cm³/mol. The molecule has 8 heteroatoms. The van der Waals surface area contributed by atoms with Crippen molar-refractivity contribution in [3.05, 3.63) is 66.6 Å². The number of hydrogen-bond acceptors (Lipinski definition) is 6. The van der Waals surface area contributed by atoms with Crippen LogP contribution in [0.4, 0.5) is 20.2 Å². The zero-order chi connectivity index (χ0) is 22.9. The van der Waals surface area contributed by atoms with Gasteiger partial charge >= 0.3 is 0 Å². The Bertz CT molecular complexity index is 1330. The molecule has 2 aromatic heterocycles. The van der Waals surface area contributed by atoms with Crippen LogP contribution in [0.15, 0.2) is 55.0 Å². The molecule has 1 aliphatic rings. The van der Waals surface area contributed by atoms with Gasteiger partial charge in [-0.05, 0) is 37.1 Å². The molecule has 4 N–H and O–H groups in total. The molecule has 4 aromatic rings. The van der Waals surface area contributed by atoms with Crippen LogP contribution >= 0.6 is 0 Å². The quantitative estimate of drug-likeness (QED) is 0.449. The van der Waals surface area contributed by atoms with Gasteiger partial charge in [0, 0.05) is 59.9 Å². The number of nitrogen functional groups attached to an aromatic ring is 1. The summed E-state index contributed by atoms with van der Waals surface area (Å²) in [7, 11) is 0. The second kappa shape index (κ2) is 8.71. The lowest BCUT2D eigenvalue weighted by Gasteiger charge is -2.27. The molecule has 168 valence electrons. The average Bonchev–Trinajstić information content (AvgIpc) is 3.04. The molecule has 1 atom stereocenters. The minimum Gasteiger partial charge on any atom is -0.397 e. The van der Waals surface area contributed by atoms with Crippen LogP contribution in [-0.2, 0) is 0 Å². The molecule has 5 rings (SSSR count). The molecular formula is C25H24F2N6. The molecule has 1 fully saturated rings. The van der Waals surface area contributed by atoms with Gasteiger partial charge in [0.25, 0.3) is 0 Å². The van der Waals surface area contributed by atoms with Crippen LogP contribution in [0.5, 0.6) is 0 Å². The maximum absolute atomic E-state index is 15.9. The van der Waals surface area contributed by atoms with E-state index in [1.807, 2.05) is 6.07 Å². The van der Waals surface area contributed by atoms with E-state index in [-0.39, 0.29) is 23.0 Å². The highest BCUT2D eigenvalue weighted by Crippen LogP contribution is 2.37. The van der Waals surface area contributed by atoms with E-state index in [1.54, 1.807) is 30.6 Å². The zero-order valence-electron chi connectivity index (χ0n) is 18.0. The van der Waals surface area contributed by atoms with Gasteiger partial charge < -0.3 is 16.4 Å². The summed E-state index contributed by atoms with van der Waals surface area (Å²) in [4.78, 5) is 15.0. The largest absolute Gasteiger partial charge is 0.397 e. The lowest BCUT2D eigenvalue weighted by atomic mass is 10.00. The molecule has 0 saturated carbocycles. The number of para-hydroxylation sites is 1. The number of nitrogens with zero attached hydrogens (tertiary/aromatic N) is 4. The average molecular weight is 447 g/mol. The Morgan fingerprint density at radius 1 is 1.00 bits per heavy atom. The molecule has 0 bridgehead atoms. The smallest absolute Gasteiger partial charge is 0.165 e. The molecule has 33 heavy (non-hydrogen) atoms. The van der Waals surface area contributed by atoms with Crippen LogP contribution < -0.4 is 16.4 Å². The van der Waals surface area contributed by atoms with E-state index in [0.29, 0.717) is 28.7 Å². The molecule has 0 amide bonds. The molecule has 2 aromatic carbocycles. The van der Waals surface area contributed by atoms with Gasteiger partial charge in [0.2, 0.25) is 0 Å². The Morgan fingerprint density at radius 3 is 2.76 bits per heavy atom. The third kappa shape index (κ3) is 3.98. The number of aromatic nitrogens is 3. The number of rotatable bonds is 3. The number of anilines is 2. The van der Waals surface area contributed by atoms with Gasteiger partial charge in [-0.3, -0.25) is 4.98 Å². The number of pyridine rings is 1. The molecule has 1 unspecified atom stereocenters. The summed E-state index contributed by atoms with van der Waals surface area (Å²) < 4.78 is 30.8. The van der Waals surface area contributed by atoms with Crippen molar-refractivity contribution in [2.24, 2.45) is 5.73 Å². The Morgan fingerprint density at radius 2 is 1.88 bits per heavy atom. The number of hydrogen-bond donors (Lipinski definition) is 2. The Balaban J connectivity index is 1.64. The molecule has 1 saturated heterocycles. The van der Waals surface area contributed by atoms with Crippen LogP contribution in [0.1, 0.15) is 19.3 Å². The Hall–Kier alpha value is -3.65. The van der Waals surface area contributed by atoms with Gasteiger partial charge in [0.05, 0.1) is 16.8 Å². The normalized spacial score (nSPS) is 16.7. The zero-order valence-corrected chi connectivity index (χ0v) is 18.0. The first-order chi connectivity index (χ1) is 16.0. The van der Waals surface area contributed by atoms with Gasteiger partial charge in [0.15, 0.2) is 5.82 Å². The fourth-order valence-electron chi connectivity index (χ4n) is 4.43. The minimum absolute atomic E-state index is 0.0404. The maximum Gasteiger partial charge on any atom is 0.165 e. The van der Waals surface area contributed by atoms with Crippen molar-refractivity contribution in [2.45, 2.75) is 25.3 Å². The van der Waals surface area contributed by atoms with Crippen LogP contribution in [0, 0.1) is 11.6 Å². The van der Waals surface area contributed by atoms with Crippen LogP contribution in [0.3, 0.4) is 0 Å². The van der Waals surface area contributed by atoms with Crippen molar-refractivity contribution in [1.29, 1.82) is 0 Å². The van der Waals surface area contributed by atoms with E-state index >= 15 is 4.39 Å². The first-order valence-electron chi connectivity index (χ1n) is 11.0. The first kappa shape index (κ1) is 21.2. The topological polar surface area (TPSA) is 94.0 Å². The lowest BCUT2D eigenvalue weighted by Crippen LogP contribution is -2.36. The van der Waals surface area contributed by atoms with E-state index in [1.165, 1.54) is 18.3 Å². The number of halogens is 2. The summed E-state index contributed by atoms with van der Waals surface area (Å²) in [6.07, 6.45) is 7.80. The molecule has 0 spiro atoms. The number of benzene rings is 2. The fourth-order valence-corrected chi connectivity index (χ4v) is 4.43. The monoisotopic (exact) mass is 446 g/mol. The van der Waals surface area contributed by atoms with Gasteiger partial charge in [0.1, 0.15) is 11.6 Å². The second-order valence-electron chi connectivity index (χ2n) is 8.36. The van der Waals surface area contributed by atoms with Crippen molar-refractivity contribution in [3.8, 4) is 22.5 Å². The van der Waals surface area contributed by atoms with E-state index in [0.717, 1.165) is 31.5 Å². The van der Waals surface area contributed by atoms with Gasteiger partial charge in [-0.1, -0.05) is 18.6 Å². The number of fused-ring (bicyclic) bond motifs is 1. The van der Waals surface area contributed by atoms with Crippen LogP contribution in [0.25, 0.3) is 33.4 Å². The summed E-state index contributed by atoms with van der Waals surface area (Å²) in [5.74, 6) is -1.54. The molecule has 0 aliphatic carbocycles. The highest BCUT2D eigenvalue weighted by Gasteiger charge is 2.24. The minimum atomic E-state index is -0.743. The number of nitrogens with two attached hydrogens (primary N) is 2. The molecule has 6 nitrogen and oxygen atoms in total. The van der Waals surface area contributed by atoms with Gasteiger partial charge in [-0.25, -0.2) is 18.7 Å². The SMILES string of the molecule is Nc1cccc2cnc(-c3c(F)ccc(-c4cnccc4N4CCCCC(N)C4)c3F)nc12. The fraction of sp³-hybridized carbons (Fsp3) is 0.240.